The second-order valence-corrected chi connectivity index (χ2v) is 6.36. The molecule has 3 heterocycles. The zero-order valence-electron chi connectivity index (χ0n) is 10.2. The van der Waals surface area contributed by atoms with Crippen molar-refractivity contribution in [2.24, 2.45) is 0 Å². The van der Waals surface area contributed by atoms with Gasteiger partial charge in [-0.1, -0.05) is 0 Å². The van der Waals surface area contributed by atoms with Gasteiger partial charge in [0.05, 0.1) is 0 Å². The molecule has 0 spiro atoms. The molecular weight excluding hydrogens is 366 g/mol. The number of imidazole rings is 1. The molecule has 19 heavy (non-hydrogen) atoms. The summed E-state index contributed by atoms with van der Waals surface area (Å²) in [6.45, 7) is -0.176. The van der Waals surface area contributed by atoms with Gasteiger partial charge in [-0.25, -0.2) is 0 Å². The normalized spacial score (nSPS) is 27.4. The summed E-state index contributed by atoms with van der Waals surface area (Å²) in [7, 11) is 0. The Morgan fingerprint density at radius 3 is 3.05 bits per heavy atom. The maximum atomic E-state index is 14.0. The number of hydrogen-bond acceptors (Lipinski definition) is 5. The number of aromatic nitrogens is 4. The van der Waals surface area contributed by atoms with Gasteiger partial charge in [0.1, 0.15) is 0 Å². The molecule has 2 aromatic rings. The number of nitrogens with zero attached hydrogens (tertiary/aromatic N) is 4. The third kappa shape index (κ3) is 2.21. The zero-order valence-corrected chi connectivity index (χ0v) is 12.4. The minimum absolute atomic E-state index is 0.176. The van der Waals surface area contributed by atoms with E-state index in [9.17, 15) is 4.39 Å². The molecule has 0 amide bonds. The molecule has 0 aromatic carbocycles. The van der Waals surface area contributed by atoms with Crippen LogP contribution in [-0.2, 0) is 4.74 Å². The summed E-state index contributed by atoms with van der Waals surface area (Å²) in [5, 5.41) is 9.06. The molecule has 1 N–H and O–H groups in total. The van der Waals surface area contributed by atoms with Crippen molar-refractivity contribution in [1.29, 1.82) is 0 Å². The average molecular weight is 379 g/mol. The fourth-order valence-corrected chi connectivity index (χ4v) is 3.51. The summed E-state index contributed by atoms with van der Waals surface area (Å²) in [6, 6.07) is 0. The summed E-state index contributed by atoms with van der Waals surface area (Å²) in [6.07, 6.45) is 0.824. The van der Waals surface area contributed by atoms with E-state index in [2.05, 4.69) is 19.9 Å². The molecule has 0 aliphatic carbocycles. The predicted molar refractivity (Wildman–Crippen MR) is 60.5 cm³/mol. The Kier molecular flexibility index (Phi) is 3.63. The second-order valence-electron chi connectivity index (χ2n) is 4.26. The van der Waals surface area contributed by atoms with Gasteiger partial charge in [0.2, 0.25) is 0 Å². The zero-order chi connectivity index (χ0) is 13.4. The van der Waals surface area contributed by atoms with Crippen molar-refractivity contribution < 1.29 is 35.4 Å². The molecule has 8 heteroatoms. The molecule has 3 atom stereocenters. The Balaban J connectivity index is 2.02. The molecule has 3 rings (SSSR count). The predicted octanol–water partition coefficient (Wildman–Crippen LogP) is -2.67. The van der Waals surface area contributed by atoms with Crippen molar-refractivity contribution in [3.05, 3.63) is 16.4 Å². The van der Waals surface area contributed by atoms with Gasteiger partial charge >= 0.3 is 119 Å². The summed E-state index contributed by atoms with van der Waals surface area (Å²) in [5.74, 6) is 0. The monoisotopic (exact) mass is 379 g/mol. The van der Waals surface area contributed by atoms with Gasteiger partial charge in [-0.3, -0.25) is 0 Å². The van der Waals surface area contributed by atoms with E-state index in [0.717, 1.165) is 9.22 Å². The van der Waals surface area contributed by atoms with Gasteiger partial charge in [-0.15, -0.1) is 0 Å². The minimum atomic E-state index is -1.16. The standard InChI is InChI=1S/C11H13FIN4O2/c1-13-9-8-10(15-4-14-9)17(5-16-8)11-7(12)2-6(3-18)19-11/h4-7,11,18H,2-3H2,1H3/q-1/t6-,7-,11?/m1/s1. The number of ether oxygens (including phenoxy) is 1. The van der Waals surface area contributed by atoms with Gasteiger partial charge in [-0.05, 0) is 0 Å². The van der Waals surface area contributed by atoms with Crippen LogP contribution in [0.1, 0.15) is 12.6 Å². The Hall–Kier alpha value is -0.870. The fraction of sp³-hybridized carbons (Fsp3) is 0.545. The van der Waals surface area contributed by atoms with Crippen LogP contribution in [0.2, 0.25) is 0 Å². The van der Waals surface area contributed by atoms with Crippen molar-refractivity contribution >= 4 is 11.2 Å². The molecular formula is C11H13FIN4O2-. The quantitative estimate of drug-likeness (QED) is 0.358. The molecule has 1 fully saturated rings. The van der Waals surface area contributed by atoms with Crippen LogP contribution in [0, 0.1) is 3.70 Å². The first-order valence-corrected chi connectivity index (χ1v) is 9.05. The molecule has 104 valence electrons. The molecule has 1 aliphatic heterocycles. The van der Waals surface area contributed by atoms with Crippen molar-refractivity contribution in [2.75, 3.05) is 11.5 Å². The van der Waals surface area contributed by atoms with Crippen LogP contribution in [-0.4, -0.2) is 48.4 Å². The van der Waals surface area contributed by atoms with Crippen LogP contribution in [0.25, 0.3) is 11.2 Å². The molecule has 0 saturated carbocycles. The van der Waals surface area contributed by atoms with Crippen LogP contribution < -0.4 is 21.2 Å². The van der Waals surface area contributed by atoms with Crippen LogP contribution in [0.15, 0.2) is 12.7 Å². The molecule has 0 radical (unpaired) electrons. The molecule has 0 bridgehead atoms. The van der Waals surface area contributed by atoms with Gasteiger partial charge in [-0.2, -0.15) is 0 Å². The summed E-state index contributed by atoms with van der Waals surface area (Å²) >= 11 is -0.218. The number of aliphatic hydroxyl groups excluding tert-OH is 1. The first-order valence-electron chi connectivity index (χ1n) is 5.82. The van der Waals surface area contributed by atoms with Crippen molar-refractivity contribution in [3.8, 4) is 0 Å². The Bertz CT molecular complexity index is 593. The topological polar surface area (TPSA) is 73.1 Å². The van der Waals surface area contributed by atoms with Gasteiger partial charge < -0.3 is 0 Å². The number of halogens is 2. The van der Waals surface area contributed by atoms with E-state index in [1.807, 2.05) is 0 Å². The Morgan fingerprint density at radius 1 is 1.53 bits per heavy atom. The van der Waals surface area contributed by atoms with Crippen molar-refractivity contribution in [2.45, 2.75) is 24.9 Å². The van der Waals surface area contributed by atoms with Crippen LogP contribution in [0.4, 0.5) is 4.39 Å². The molecule has 1 aliphatic rings. The number of fused-ring (bicyclic) bond motifs is 1. The number of aliphatic hydroxyl groups is 1. The third-order valence-corrected chi connectivity index (χ3v) is 4.91. The molecule has 6 nitrogen and oxygen atoms in total. The number of alkyl halides is 2. The first-order chi connectivity index (χ1) is 9.24. The van der Waals surface area contributed by atoms with E-state index >= 15 is 0 Å². The van der Waals surface area contributed by atoms with E-state index in [-0.39, 0.29) is 34.2 Å². The Morgan fingerprint density at radius 2 is 2.37 bits per heavy atom. The molecule has 2 aromatic heterocycles. The van der Waals surface area contributed by atoms with Crippen LogP contribution >= 0.6 is 0 Å². The summed E-state index contributed by atoms with van der Waals surface area (Å²) in [5.41, 5.74) is 1.32. The number of rotatable bonds is 3. The van der Waals surface area contributed by atoms with Crippen LogP contribution in [0.3, 0.4) is 0 Å². The van der Waals surface area contributed by atoms with E-state index in [1.54, 1.807) is 10.9 Å². The SMILES string of the molecule is C[I-]c1ncnc2c1ncn2C1O[C@@H](CO)C[C@H]1F. The van der Waals surface area contributed by atoms with Crippen molar-refractivity contribution in [1.82, 2.24) is 19.5 Å². The first kappa shape index (κ1) is 13.1. The van der Waals surface area contributed by atoms with E-state index < -0.39 is 18.5 Å². The summed E-state index contributed by atoms with van der Waals surface area (Å²) in [4.78, 5) is 14.7. The molecule has 1 saturated heterocycles. The van der Waals surface area contributed by atoms with E-state index in [1.165, 1.54) is 6.33 Å². The number of hydrogen-bond donors (Lipinski definition) is 1. The van der Waals surface area contributed by atoms with E-state index in [4.69, 9.17) is 9.84 Å². The van der Waals surface area contributed by atoms with Crippen LogP contribution in [0.5, 0.6) is 0 Å². The average Bonchev–Trinajstić information content (AvgIpc) is 3.01. The summed E-state index contributed by atoms with van der Waals surface area (Å²) < 4.78 is 22.0. The maximum absolute atomic E-state index is 14.0. The Labute approximate surface area is 119 Å². The third-order valence-electron chi connectivity index (χ3n) is 3.10. The van der Waals surface area contributed by atoms with Gasteiger partial charge in [0, 0.05) is 0 Å². The van der Waals surface area contributed by atoms with Crippen molar-refractivity contribution in [3.63, 3.8) is 0 Å². The van der Waals surface area contributed by atoms with Gasteiger partial charge in [0.15, 0.2) is 0 Å². The molecule has 1 unspecified atom stereocenters. The van der Waals surface area contributed by atoms with E-state index in [0.29, 0.717) is 5.65 Å². The fourth-order valence-electron chi connectivity index (χ4n) is 2.21. The van der Waals surface area contributed by atoms with Gasteiger partial charge in [0.25, 0.3) is 0 Å². The second kappa shape index (κ2) is 5.25.